The van der Waals surface area contributed by atoms with Gasteiger partial charge >= 0.3 is 0 Å². The molecule has 1 aliphatic carbocycles. The van der Waals surface area contributed by atoms with E-state index in [1.54, 1.807) is 0 Å². The minimum absolute atomic E-state index is 0.168. The quantitative estimate of drug-likeness (QED) is 0.602. The van der Waals surface area contributed by atoms with E-state index in [2.05, 4.69) is 5.32 Å². The van der Waals surface area contributed by atoms with Crippen LogP contribution in [0.4, 0.5) is 0 Å². The topological polar surface area (TPSA) is 55.1 Å². The van der Waals surface area contributed by atoms with Crippen LogP contribution >= 0.6 is 0 Å². The van der Waals surface area contributed by atoms with Gasteiger partial charge in [-0.25, -0.2) is 0 Å². The Labute approximate surface area is 67.3 Å². The lowest BCUT2D eigenvalue weighted by molar-refractivity contribution is -0.128. The van der Waals surface area contributed by atoms with Gasteiger partial charge in [0.1, 0.15) is 0 Å². The molecule has 1 saturated carbocycles. The van der Waals surface area contributed by atoms with Crippen molar-refractivity contribution in [1.82, 2.24) is 5.32 Å². The van der Waals surface area contributed by atoms with Crippen molar-refractivity contribution in [3.05, 3.63) is 0 Å². The minimum atomic E-state index is 0.168. The maximum absolute atomic E-state index is 11.2. The summed E-state index contributed by atoms with van der Waals surface area (Å²) in [5, 5.41) is 2.87. The van der Waals surface area contributed by atoms with Crippen LogP contribution in [0.2, 0.25) is 0 Å². The summed E-state index contributed by atoms with van der Waals surface area (Å²) in [6.07, 6.45) is 1.72. The Kier molecular flexibility index (Phi) is 2.49. The van der Waals surface area contributed by atoms with E-state index >= 15 is 0 Å². The number of amides is 1. The van der Waals surface area contributed by atoms with E-state index in [1.807, 2.05) is 13.8 Å². The Hall–Kier alpha value is -0.570. The summed E-state index contributed by atoms with van der Waals surface area (Å²) in [5.41, 5.74) is 5.56. The summed E-state index contributed by atoms with van der Waals surface area (Å²) in [5.74, 6) is 0.356. The van der Waals surface area contributed by atoms with Crippen LogP contribution in [0.15, 0.2) is 0 Å². The first-order valence-corrected chi connectivity index (χ1v) is 4.15. The van der Waals surface area contributed by atoms with Crippen molar-refractivity contribution in [3.63, 3.8) is 0 Å². The van der Waals surface area contributed by atoms with Gasteiger partial charge in [-0.3, -0.25) is 4.79 Å². The van der Waals surface area contributed by atoms with Gasteiger partial charge in [0, 0.05) is 18.0 Å². The molecular weight excluding hydrogens is 140 g/mol. The monoisotopic (exact) mass is 156 g/mol. The molecule has 0 heterocycles. The van der Waals surface area contributed by atoms with Gasteiger partial charge in [-0.2, -0.15) is 0 Å². The predicted molar refractivity (Wildman–Crippen MR) is 44.0 cm³/mol. The fraction of sp³-hybridized carbons (Fsp3) is 0.875. The van der Waals surface area contributed by atoms with Gasteiger partial charge in [0.05, 0.1) is 0 Å². The highest BCUT2D eigenvalue weighted by Gasteiger charge is 2.31. The fourth-order valence-corrected chi connectivity index (χ4v) is 1.28. The molecule has 0 unspecified atom stereocenters. The second-order valence-electron chi connectivity index (χ2n) is 3.59. The number of nitrogens with one attached hydrogen (secondary N) is 1. The van der Waals surface area contributed by atoms with Gasteiger partial charge in [-0.15, -0.1) is 0 Å². The maximum atomic E-state index is 11.2. The highest BCUT2D eigenvalue weighted by Crippen LogP contribution is 2.25. The van der Waals surface area contributed by atoms with Crippen molar-refractivity contribution in [2.24, 2.45) is 11.7 Å². The zero-order valence-electron chi connectivity index (χ0n) is 7.13. The average molecular weight is 156 g/mol. The van der Waals surface area contributed by atoms with Crippen molar-refractivity contribution >= 4 is 5.91 Å². The highest BCUT2D eigenvalue weighted by molar-refractivity contribution is 5.79. The van der Waals surface area contributed by atoms with Gasteiger partial charge in [-0.1, -0.05) is 0 Å². The smallest absolute Gasteiger partial charge is 0.223 e. The zero-order chi connectivity index (χ0) is 8.43. The number of hydrogen-bond donors (Lipinski definition) is 2. The van der Waals surface area contributed by atoms with Crippen LogP contribution in [-0.4, -0.2) is 18.0 Å². The minimum Gasteiger partial charge on any atom is -0.354 e. The van der Waals surface area contributed by atoms with Gasteiger partial charge in [0.2, 0.25) is 5.91 Å². The largest absolute Gasteiger partial charge is 0.354 e. The summed E-state index contributed by atoms with van der Waals surface area (Å²) in [4.78, 5) is 11.2. The molecule has 64 valence electrons. The van der Waals surface area contributed by atoms with E-state index in [9.17, 15) is 4.79 Å². The van der Waals surface area contributed by atoms with E-state index < -0.39 is 0 Å². The molecule has 1 fully saturated rings. The normalized spacial score (nSPS) is 29.8. The summed E-state index contributed by atoms with van der Waals surface area (Å²) < 4.78 is 0. The van der Waals surface area contributed by atoms with Crippen molar-refractivity contribution < 1.29 is 4.79 Å². The first kappa shape index (κ1) is 8.53. The number of rotatable bonds is 2. The van der Waals surface area contributed by atoms with Gasteiger partial charge < -0.3 is 11.1 Å². The Morgan fingerprint density at radius 1 is 1.55 bits per heavy atom. The van der Waals surface area contributed by atoms with Crippen LogP contribution < -0.4 is 11.1 Å². The standard InChI is InChI=1S/C8H16N2O/c1-5(2)10-8(11)6-3-7(9)4-6/h5-7H,3-4,9H2,1-2H3,(H,10,11). The molecule has 0 aliphatic heterocycles. The fourth-order valence-electron chi connectivity index (χ4n) is 1.28. The van der Waals surface area contributed by atoms with E-state index in [0.29, 0.717) is 0 Å². The molecule has 3 heteroatoms. The molecule has 0 radical (unpaired) electrons. The molecule has 0 aromatic rings. The van der Waals surface area contributed by atoms with E-state index in [0.717, 1.165) is 12.8 Å². The maximum Gasteiger partial charge on any atom is 0.223 e. The molecule has 0 bridgehead atoms. The Balaban J connectivity index is 2.21. The molecule has 3 nitrogen and oxygen atoms in total. The van der Waals surface area contributed by atoms with Crippen LogP contribution in [-0.2, 0) is 4.79 Å². The summed E-state index contributed by atoms with van der Waals surface area (Å²) in [6.45, 7) is 3.94. The number of hydrogen-bond acceptors (Lipinski definition) is 2. The van der Waals surface area contributed by atoms with Crippen molar-refractivity contribution in [1.29, 1.82) is 0 Å². The highest BCUT2D eigenvalue weighted by atomic mass is 16.1. The van der Waals surface area contributed by atoms with Gasteiger partial charge in [0.25, 0.3) is 0 Å². The van der Waals surface area contributed by atoms with E-state index in [1.165, 1.54) is 0 Å². The second kappa shape index (κ2) is 3.22. The molecule has 11 heavy (non-hydrogen) atoms. The lowest BCUT2D eigenvalue weighted by atomic mass is 9.80. The van der Waals surface area contributed by atoms with Crippen LogP contribution in [0, 0.1) is 5.92 Å². The zero-order valence-corrected chi connectivity index (χ0v) is 7.13. The Morgan fingerprint density at radius 3 is 2.45 bits per heavy atom. The molecule has 1 rings (SSSR count). The Bertz CT molecular complexity index is 150. The predicted octanol–water partition coefficient (Wildman–Crippen LogP) is 0.248. The lowest BCUT2D eigenvalue weighted by Crippen LogP contribution is -2.46. The molecule has 3 N–H and O–H groups in total. The molecule has 1 amide bonds. The summed E-state index contributed by atoms with van der Waals surface area (Å²) >= 11 is 0. The third-order valence-electron chi connectivity index (χ3n) is 1.98. The average Bonchev–Trinajstić information content (AvgIpc) is 1.79. The molecule has 0 atom stereocenters. The summed E-state index contributed by atoms with van der Waals surface area (Å²) in [6, 6.07) is 0.511. The molecule has 0 aromatic heterocycles. The molecule has 0 saturated heterocycles. The summed E-state index contributed by atoms with van der Waals surface area (Å²) in [7, 11) is 0. The van der Waals surface area contributed by atoms with Crippen LogP contribution in [0.1, 0.15) is 26.7 Å². The molecule has 0 spiro atoms. The van der Waals surface area contributed by atoms with Crippen molar-refractivity contribution in [2.75, 3.05) is 0 Å². The second-order valence-corrected chi connectivity index (χ2v) is 3.59. The van der Waals surface area contributed by atoms with Crippen LogP contribution in [0.25, 0.3) is 0 Å². The van der Waals surface area contributed by atoms with Gasteiger partial charge in [0.15, 0.2) is 0 Å². The SMILES string of the molecule is CC(C)NC(=O)C1CC(N)C1. The number of carbonyl (C=O) groups is 1. The third-order valence-corrected chi connectivity index (χ3v) is 1.98. The molecule has 0 aromatic carbocycles. The van der Waals surface area contributed by atoms with Gasteiger partial charge in [-0.05, 0) is 26.7 Å². The first-order valence-electron chi connectivity index (χ1n) is 4.15. The van der Waals surface area contributed by atoms with Crippen molar-refractivity contribution in [3.8, 4) is 0 Å². The van der Waals surface area contributed by atoms with Crippen LogP contribution in [0.5, 0.6) is 0 Å². The number of carbonyl (C=O) groups excluding carboxylic acids is 1. The Morgan fingerprint density at radius 2 is 2.09 bits per heavy atom. The molecule has 1 aliphatic rings. The third kappa shape index (κ3) is 2.19. The number of nitrogens with two attached hydrogens (primary N) is 1. The van der Waals surface area contributed by atoms with Crippen LogP contribution in [0.3, 0.4) is 0 Å². The van der Waals surface area contributed by atoms with Crippen molar-refractivity contribution in [2.45, 2.75) is 38.8 Å². The first-order chi connectivity index (χ1) is 5.09. The van der Waals surface area contributed by atoms with E-state index in [-0.39, 0.29) is 23.9 Å². The molecular formula is C8H16N2O. The lowest BCUT2D eigenvalue weighted by Gasteiger charge is -2.31. The van der Waals surface area contributed by atoms with E-state index in [4.69, 9.17) is 5.73 Å².